The molecule has 2 N–H and O–H groups in total. The second-order valence-electron chi connectivity index (χ2n) is 2.90. The zero-order valence-electron chi connectivity index (χ0n) is 6.09. The molecule has 0 aromatic heterocycles. The summed E-state index contributed by atoms with van der Waals surface area (Å²) in [5.74, 6) is 0. The van der Waals surface area contributed by atoms with Crippen LogP contribution in [0.5, 0.6) is 0 Å². The van der Waals surface area contributed by atoms with E-state index in [4.69, 9.17) is 10.4 Å². The van der Waals surface area contributed by atoms with E-state index in [0.717, 1.165) is 0 Å². The molecule has 0 saturated heterocycles. The van der Waals surface area contributed by atoms with Crippen LogP contribution in [0, 0.1) is 0 Å². The van der Waals surface area contributed by atoms with Crippen LogP contribution in [0.25, 0.3) is 0 Å². The van der Waals surface area contributed by atoms with Gasteiger partial charge in [0.25, 0.3) is 0 Å². The zero-order chi connectivity index (χ0) is 7.49. The number of hydrogen-bond acceptors (Lipinski definition) is 3. The van der Waals surface area contributed by atoms with Crippen LogP contribution in [0.4, 0.5) is 0 Å². The standard InChI is InChI=1S/C6H14O3/c1-5(7)4-6(2,3)9-8/h5,7-8H,4H2,1-3H3. The number of rotatable bonds is 3. The van der Waals surface area contributed by atoms with Gasteiger partial charge in [0.2, 0.25) is 0 Å². The lowest BCUT2D eigenvalue weighted by Crippen LogP contribution is -2.27. The van der Waals surface area contributed by atoms with E-state index in [2.05, 4.69) is 4.89 Å². The van der Waals surface area contributed by atoms with Gasteiger partial charge in [0.15, 0.2) is 0 Å². The van der Waals surface area contributed by atoms with Gasteiger partial charge >= 0.3 is 0 Å². The fourth-order valence-corrected chi connectivity index (χ4v) is 0.749. The van der Waals surface area contributed by atoms with Crippen molar-refractivity contribution in [2.75, 3.05) is 0 Å². The van der Waals surface area contributed by atoms with Crippen molar-refractivity contribution >= 4 is 0 Å². The molecule has 0 saturated carbocycles. The molecule has 0 bridgehead atoms. The first kappa shape index (κ1) is 8.88. The molecule has 0 heterocycles. The Bertz CT molecular complexity index is 78.4. The summed E-state index contributed by atoms with van der Waals surface area (Å²) in [5, 5.41) is 17.1. The molecule has 0 radical (unpaired) electrons. The van der Waals surface area contributed by atoms with E-state index < -0.39 is 11.7 Å². The topological polar surface area (TPSA) is 49.7 Å². The lowest BCUT2D eigenvalue weighted by atomic mass is 10.0. The van der Waals surface area contributed by atoms with Crippen molar-refractivity contribution < 1.29 is 15.3 Å². The van der Waals surface area contributed by atoms with Gasteiger partial charge in [-0.3, -0.25) is 5.26 Å². The van der Waals surface area contributed by atoms with Crippen LogP contribution in [-0.4, -0.2) is 22.1 Å². The average molecular weight is 134 g/mol. The van der Waals surface area contributed by atoms with Gasteiger partial charge in [0.05, 0.1) is 6.10 Å². The molecular formula is C6H14O3. The van der Waals surface area contributed by atoms with E-state index >= 15 is 0 Å². The minimum atomic E-state index is -0.631. The molecule has 0 aliphatic heterocycles. The van der Waals surface area contributed by atoms with Crippen LogP contribution >= 0.6 is 0 Å². The van der Waals surface area contributed by atoms with Crippen LogP contribution in [0.3, 0.4) is 0 Å². The van der Waals surface area contributed by atoms with Gasteiger partial charge in [0.1, 0.15) is 5.60 Å². The Kier molecular flexibility index (Phi) is 3.11. The molecule has 56 valence electrons. The Morgan fingerprint density at radius 2 is 2.00 bits per heavy atom. The lowest BCUT2D eigenvalue weighted by molar-refractivity contribution is -0.317. The van der Waals surface area contributed by atoms with Crippen molar-refractivity contribution in [1.29, 1.82) is 0 Å². The summed E-state index contributed by atoms with van der Waals surface area (Å²) in [6.07, 6.45) is -0.00380. The number of aliphatic hydroxyl groups is 1. The van der Waals surface area contributed by atoms with Gasteiger partial charge in [-0.25, -0.2) is 4.89 Å². The molecule has 3 heteroatoms. The molecule has 0 aliphatic carbocycles. The van der Waals surface area contributed by atoms with Crippen LogP contribution in [0.15, 0.2) is 0 Å². The first-order valence-electron chi connectivity index (χ1n) is 2.98. The van der Waals surface area contributed by atoms with Crippen LogP contribution in [0.2, 0.25) is 0 Å². The smallest absolute Gasteiger partial charge is 0.100 e. The van der Waals surface area contributed by atoms with Gasteiger partial charge in [-0.1, -0.05) is 0 Å². The fraction of sp³-hybridized carbons (Fsp3) is 1.00. The molecule has 0 aromatic rings. The number of hydrogen-bond donors (Lipinski definition) is 2. The highest BCUT2D eigenvalue weighted by Gasteiger charge is 2.20. The summed E-state index contributed by atoms with van der Waals surface area (Å²) >= 11 is 0. The van der Waals surface area contributed by atoms with Crippen molar-refractivity contribution in [1.82, 2.24) is 0 Å². The quantitative estimate of drug-likeness (QED) is 0.447. The lowest BCUT2D eigenvalue weighted by Gasteiger charge is -2.21. The first-order valence-corrected chi connectivity index (χ1v) is 2.98. The Labute approximate surface area is 55.2 Å². The van der Waals surface area contributed by atoms with E-state index in [1.807, 2.05) is 0 Å². The first-order chi connectivity index (χ1) is 3.98. The highest BCUT2D eigenvalue weighted by Crippen LogP contribution is 2.14. The Balaban J connectivity index is 3.58. The number of aliphatic hydroxyl groups excluding tert-OH is 1. The maximum atomic E-state index is 8.83. The second-order valence-corrected chi connectivity index (χ2v) is 2.90. The molecular weight excluding hydrogens is 120 g/mol. The van der Waals surface area contributed by atoms with Crippen molar-refractivity contribution in [3.63, 3.8) is 0 Å². The van der Waals surface area contributed by atoms with Crippen molar-refractivity contribution in [2.24, 2.45) is 0 Å². The van der Waals surface area contributed by atoms with E-state index in [0.29, 0.717) is 6.42 Å². The third kappa shape index (κ3) is 4.39. The molecule has 0 aliphatic rings. The van der Waals surface area contributed by atoms with Crippen molar-refractivity contribution in [2.45, 2.75) is 38.9 Å². The van der Waals surface area contributed by atoms with Gasteiger partial charge in [-0.05, 0) is 20.8 Å². The fourth-order valence-electron chi connectivity index (χ4n) is 0.749. The summed E-state index contributed by atoms with van der Waals surface area (Å²) in [4.78, 5) is 4.09. The third-order valence-corrected chi connectivity index (χ3v) is 1.03. The largest absolute Gasteiger partial charge is 0.393 e. The zero-order valence-corrected chi connectivity index (χ0v) is 6.09. The van der Waals surface area contributed by atoms with Crippen LogP contribution in [0.1, 0.15) is 27.2 Å². The predicted molar refractivity (Wildman–Crippen MR) is 34.1 cm³/mol. The molecule has 0 spiro atoms. The van der Waals surface area contributed by atoms with Crippen LogP contribution < -0.4 is 0 Å². The summed E-state index contributed by atoms with van der Waals surface area (Å²) in [7, 11) is 0. The molecule has 1 unspecified atom stereocenters. The minimum absolute atomic E-state index is 0.434. The van der Waals surface area contributed by atoms with Crippen molar-refractivity contribution in [3.8, 4) is 0 Å². The van der Waals surface area contributed by atoms with Crippen LogP contribution in [-0.2, 0) is 4.89 Å². The molecule has 0 aromatic carbocycles. The van der Waals surface area contributed by atoms with Gasteiger partial charge in [0, 0.05) is 6.42 Å². The molecule has 1 atom stereocenters. The van der Waals surface area contributed by atoms with Gasteiger partial charge < -0.3 is 5.11 Å². The van der Waals surface area contributed by atoms with E-state index in [1.165, 1.54) is 0 Å². The minimum Gasteiger partial charge on any atom is -0.393 e. The summed E-state index contributed by atoms with van der Waals surface area (Å²) < 4.78 is 0. The summed E-state index contributed by atoms with van der Waals surface area (Å²) in [6.45, 7) is 5.07. The Hall–Kier alpha value is -0.120. The van der Waals surface area contributed by atoms with Crippen molar-refractivity contribution in [3.05, 3.63) is 0 Å². The summed E-state index contributed by atoms with van der Waals surface area (Å²) in [6, 6.07) is 0. The summed E-state index contributed by atoms with van der Waals surface area (Å²) in [5.41, 5.74) is -0.631. The van der Waals surface area contributed by atoms with Gasteiger partial charge in [-0.15, -0.1) is 0 Å². The predicted octanol–water partition coefficient (Wildman–Crippen LogP) is 1.03. The molecule has 0 amide bonds. The maximum absolute atomic E-state index is 8.83. The van der Waals surface area contributed by atoms with Gasteiger partial charge in [-0.2, -0.15) is 0 Å². The molecule has 0 rings (SSSR count). The SMILES string of the molecule is CC(O)CC(C)(C)OO. The monoisotopic (exact) mass is 134 g/mol. The highest BCUT2D eigenvalue weighted by atomic mass is 17.1. The molecule has 0 fully saturated rings. The maximum Gasteiger partial charge on any atom is 0.100 e. The second kappa shape index (κ2) is 3.15. The third-order valence-electron chi connectivity index (χ3n) is 1.03. The Morgan fingerprint density at radius 1 is 1.56 bits per heavy atom. The average Bonchev–Trinajstić information content (AvgIpc) is 1.63. The highest BCUT2D eigenvalue weighted by molar-refractivity contribution is 4.68. The molecule has 9 heavy (non-hydrogen) atoms. The molecule has 3 nitrogen and oxygen atoms in total. The Morgan fingerprint density at radius 3 is 2.11 bits per heavy atom. The van der Waals surface area contributed by atoms with E-state index in [-0.39, 0.29) is 0 Å². The normalized spacial score (nSPS) is 15.7. The van der Waals surface area contributed by atoms with E-state index in [1.54, 1.807) is 20.8 Å². The van der Waals surface area contributed by atoms with E-state index in [9.17, 15) is 0 Å².